The van der Waals surface area contributed by atoms with Crippen LogP contribution in [0.4, 0.5) is 0 Å². The van der Waals surface area contributed by atoms with Gasteiger partial charge in [-0.25, -0.2) is 4.79 Å². The third-order valence-electron chi connectivity index (χ3n) is 3.64. The summed E-state index contributed by atoms with van der Waals surface area (Å²) >= 11 is 0. The zero-order valence-corrected chi connectivity index (χ0v) is 11.4. The van der Waals surface area contributed by atoms with E-state index in [-0.39, 0.29) is 5.76 Å². The second kappa shape index (κ2) is 4.73. The van der Waals surface area contributed by atoms with Crippen molar-refractivity contribution in [3.63, 3.8) is 0 Å². The number of hydrogen-bond acceptors (Lipinski definition) is 4. The van der Waals surface area contributed by atoms with E-state index >= 15 is 0 Å². The van der Waals surface area contributed by atoms with Gasteiger partial charge >= 0.3 is 5.76 Å². The van der Waals surface area contributed by atoms with Crippen molar-refractivity contribution in [2.75, 3.05) is 0 Å². The van der Waals surface area contributed by atoms with Crippen LogP contribution in [0, 0.1) is 0 Å². The van der Waals surface area contributed by atoms with Crippen LogP contribution in [0.3, 0.4) is 0 Å². The predicted octanol–water partition coefficient (Wildman–Crippen LogP) is 2.48. The molecule has 0 aliphatic carbocycles. The van der Waals surface area contributed by atoms with E-state index in [0.29, 0.717) is 16.9 Å². The first-order chi connectivity index (χ1) is 10.7. The van der Waals surface area contributed by atoms with E-state index < -0.39 is 17.4 Å². The fraction of sp³-hybridized carbons (Fsp3) is 0.0588. The van der Waals surface area contributed by atoms with Gasteiger partial charge in [-0.05, 0) is 17.7 Å². The summed E-state index contributed by atoms with van der Waals surface area (Å²) in [5.74, 6) is 0.0781. The van der Waals surface area contributed by atoms with Crippen LogP contribution < -0.4 is 16.1 Å². The average Bonchev–Trinajstić information content (AvgIpc) is 2.54. The molecular weight excluding hydrogens is 282 g/mol. The van der Waals surface area contributed by atoms with Crippen molar-refractivity contribution in [1.29, 1.82) is 0 Å². The van der Waals surface area contributed by atoms with Crippen LogP contribution in [0.1, 0.15) is 17.2 Å². The Balaban J connectivity index is 2.04. The summed E-state index contributed by atoms with van der Waals surface area (Å²) in [6, 6.07) is 16.5. The summed E-state index contributed by atoms with van der Waals surface area (Å²) in [5, 5.41) is 0. The highest BCUT2D eigenvalue weighted by molar-refractivity contribution is 5.71. The van der Waals surface area contributed by atoms with Gasteiger partial charge in [0.25, 0.3) is 5.56 Å². The highest BCUT2D eigenvalue weighted by atomic mass is 16.5. The smallest absolute Gasteiger partial charge is 0.419 e. The summed E-state index contributed by atoms with van der Waals surface area (Å²) < 4.78 is 11.3. The van der Waals surface area contributed by atoms with Crippen LogP contribution in [0.15, 0.2) is 68.6 Å². The van der Waals surface area contributed by atoms with Gasteiger partial charge in [-0.15, -0.1) is 0 Å². The Morgan fingerprint density at radius 3 is 2.45 bits per heavy atom. The van der Waals surface area contributed by atoms with Crippen LogP contribution in [0.2, 0.25) is 0 Å². The van der Waals surface area contributed by atoms with Crippen molar-refractivity contribution in [3.05, 3.63) is 86.6 Å². The largest absolute Gasteiger partial charge is 0.480 e. The third-order valence-corrected chi connectivity index (χ3v) is 3.64. The van der Waals surface area contributed by atoms with Crippen LogP contribution in [0.25, 0.3) is 11.3 Å². The van der Waals surface area contributed by atoms with Crippen LogP contribution in [0.5, 0.6) is 5.75 Å². The quantitative estimate of drug-likeness (QED) is 0.748. The number of fused-ring (bicyclic) bond motifs is 3. The molecule has 2 heterocycles. The fourth-order valence-corrected chi connectivity index (χ4v) is 2.68. The lowest BCUT2D eigenvalue weighted by Gasteiger charge is -2.26. The topological polar surface area (TPSA) is 72.3 Å². The maximum atomic E-state index is 12.3. The van der Waals surface area contributed by atoms with Crippen molar-refractivity contribution in [1.82, 2.24) is 4.98 Å². The summed E-state index contributed by atoms with van der Waals surface area (Å²) in [5.41, 5.74) is 1.24. The molecule has 1 aliphatic rings. The molecule has 3 aromatic rings. The minimum absolute atomic E-state index is 0.268. The zero-order valence-electron chi connectivity index (χ0n) is 11.4. The second-order valence-corrected chi connectivity index (χ2v) is 4.99. The zero-order chi connectivity index (χ0) is 15.1. The van der Waals surface area contributed by atoms with Gasteiger partial charge in [-0.1, -0.05) is 42.5 Å². The molecule has 0 spiro atoms. The normalized spacial score (nSPS) is 15.5. The number of aromatic nitrogens is 1. The first-order valence-electron chi connectivity index (χ1n) is 6.82. The number of para-hydroxylation sites is 1. The number of hydrogen-bond donors (Lipinski definition) is 1. The molecule has 108 valence electrons. The highest BCUT2D eigenvalue weighted by Gasteiger charge is 2.32. The number of aromatic amines is 1. The van der Waals surface area contributed by atoms with E-state index in [1.807, 2.05) is 36.4 Å². The van der Waals surface area contributed by atoms with E-state index in [1.165, 1.54) is 0 Å². The van der Waals surface area contributed by atoms with Crippen molar-refractivity contribution in [2.24, 2.45) is 0 Å². The average molecular weight is 293 g/mol. The molecule has 1 unspecified atom stereocenters. The molecule has 4 rings (SSSR count). The summed E-state index contributed by atoms with van der Waals surface area (Å²) in [6.07, 6.45) is -0.612. The Bertz CT molecular complexity index is 956. The summed E-state index contributed by atoms with van der Waals surface area (Å²) in [4.78, 5) is 26.0. The number of H-pyrrole nitrogens is 1. The molecular formula is C17H11NO4. The highest BCUT2D eigenvalue weighted by Crippen LogP contribution is 2.42. The van der Waals surface area contributed by atoms with E-state index in [0.717, 1.165) is 5.56 Å². The van der Waals surface area contributed by atoms with Gasteiger partial charge in [0.2, 0.25) is 0 Å². The SMILES string of the molecule is O=c1[nH]c(=O)c2c(o1)-c1ccccc1OC2c1ccccc1. The Morgan fingerprint density at radius 1 is 0.909 bits per heavy atom. The van der Waals surface area contributed by atoms with Crippen molar-refractivity contribution in [3.8, 4) is 17.1 Å². The number of rotatable bonds is 1. The van der Waals surface area contributed by atoms with E-state index in [2.05, 4.69) is 4.98 Å². The third kappa shape index (κ3) is 1.87. The molecule has 1 atom stereocenters. The van der Waals surface area contributed by atoms with Crippen LogP contribution in [-0.2, 0) is 0 Å². The summed E-state index contributed by atoms with van der Waals surface area (Å²) in [7, 11) is 0. The minimum Gasteiger partial charge on any atom is -0.480 e. The van der Waals surface area contributed by atoms with E-state index in [9.17, 15) is 9.59 Å². The first-order valence-corrected chi connectivity index (χ1v) is 6.82. The molecule has 22 heavy (non-hydrogen) atoms. The van der Waals surface area contributed by atoms with Crippen molar-refractivity contribution < 1.29 is 9.15 Å². The maximum absolute atomic E-state index is 12.3. The molecule has 1 N–H and O–H groups in total. The molecule has 0 saturated heterocycles. The number of benzene rings is 2. The Labute approximate surface area is 124 Å². The van der Waals surface area contributed by atoms with Gasteiger partial charge in [0, 0.05) is 0 Å². The lowest BCUT2D eigenvalue weighted by Crippen LogP contribution is -2.29. The van der Waals surface area contributed by atoms with E-state index in [1.54, 1.807) is 18.2 Å². The van der Waals surface area contributed by atoms with E-state index in [4.69, 9.17) is 9.15 Å². The standard InChI is InChI=1S/C17H11NO4/c19-16-13-14(10-6-2-1-3-7-10)21-12-9-5-4-8-11(12)15(13)22-17(20)18-16/h1-9,14H,(H,18,19,20). The van der Waals surface area contributed by atoms with Crippen LogP contribution in [-0.4, -0.2) is 4.98 Å². The molecule has 0 saturated carbocycles. The molecule has 0 radical (unpaired) electrons. The maximum Gasteiger partial charge on any atom is 0.419 e. The Hall–Kier alpha value is -3.08. The van der Waals surface area contributed by atoms with Gasteiger partial charge in [-0.2, -0.15) is 0 Å². The number of nitrogens with one attached hydrogen (secondary N) is 1. The molecule has 1 aromatic heterocycles. The Morgan fingerprint density at radius 2 is 1.64 bits per heavy atom. The van der Waals surface area contributed by atoms with Crippen molar-refractivity contribution in [2.45, 2.75) is 6.10 Å². The molecule has 2 aromatic carbocycles. The lowest BCUT2D eigenvalue weighted by atomic mass is 9.95. The number of ether oxygens (including phenoxy) is 1. The van der Waals surface area contributed by atoms with Crippen molar-refractivity contribution >= 4 is 0 Å². The van der Waals surface area contributed by atoms with Gasteiger partial charge in [0.15, 0.2) is 11.9 Å². The van der Waals surface area contributed by atoms with Gasteiger partial charge in [0.05, 0.1) is 5.56 Å². The van der Waals surface area contributed by atoms with Crippen LogP contribution >= 0.6 is 0 Å². The molecule has 5 heteroatoms. The molecule has 1 aliphatic heterocycles. The van der Waals surface area contributed by atoms with Gasteiger partial charge in [0.1, 0.15) is 11.3 Å². The second-order valence-electron chi connectivity index (χ2n) is 4.99. The summed E-state index contributed by atoms with van der Waals surface area (Å²) in [6.45, 7) is 0. The Kier molecular flexibility index (Phi) is 2.72. The van der Waals surface area contributed by atoms with Gasteiger partial charge in [-0.3, -0.25) is 9.78 Å². The first kappa shape index (κ1) is 12.6. The molecule has 0 bridgehead atoms. The minimum atomic E-state index is -0.771. The fourth-order valence-electron chi connectivity index (χ4n) is 2.68. The molecule has 0 fully saturated rings. The van der Waals surface area contributed by atoms with Gasteiger partial charge < -0.3 is 9.15 Å². The monoisotopic (exact) mass is 293 g/mol. The molecule has 0 amide bonds. The predicted molar refractivity (Wildman–Crippen MR) is 79.9 cm³/mol. The molecule has 5 nitrogen and oxygen atoms in total. The lowest BCUT2D eigenvalue weighted by molar-refractivity contribution is 0.233.